The summed E-state index contributed by atoms with van der Waals surface area (Å²) in [5.41, 5.74) is 0.118. The van der Waals surface area contributed by atoms with Gasteiger partial charge >= 0.3 is 6.09 Å². The summed E-state index contributed by atoms with van der Waals surface area (Å²) in [6, 6.07) is 0. The highest BCUT2D eigenvalue weighted by Crippen LogP contribution is 2.66. The molecule has 7 atom stereocenters. The van der Waals surface area contributed by atoms with Crippen molar-refractivity contribution in [1.29, 1.82) is 0 Å². The van der Waals surface area contributed by atoms with E-state index in [0.717, 1.165) is 57.0 Å². The highest BCUT2D eigenvalue weighted by molar-refractivity contribution is 5.87. The van der Waals surface area contributed by atoms with Crippen LogP contribution in [0.1, 0.15) is 78.6 Å². The van der Waals surface area contributed by atoms with Crippen molar-refractivity contribution in [3.8, 4) is 0 Å². The summed E-state index contributed by atoms with van der Waals surface area (Å²) in [6.45, 7) is 8.39. The van der Waals surface area contributed by atoms with Gasteiger partial charge < -0.3 is 9.64 Å². The van der Waals surface area contributed by atoms with Crippen LogP contribution in [-0.2, 0) is 9.53 Å². The van der Waals surface area contributed by atoms with Gasteiger partial charge in [0.1, 0.15) is 11.4 Å². The first-order chi connectivity index (χ1) is 12.8. The molecule has 150 valence electrons. The number of Topliss-reactive ketones (excluding diaryl/α,β-unsaturated/α-hetero) is 1. The lowest BCUT2D eigenvalue weighted by Gasteiger charge is -2.61. The third-order valence-electron chi connectivity index (χ3n) is 9.93. The van der Waals surface area contributed by atoms with Crippen LogP contribution in [0.5, 0.6) is 0 Å². The van der Waals surface area contributed by atoms with E-state index < -0.39 is 0 Å². The first kappa shape index (κ1) is 18.0. The lowest BCUT2D eigenvalue weighted by Crippen LogP contribution is -2.56. The molecule has 0 aromatic rings. The van der Waals surface area contributed by atoms with E-state index in [4.69, 9.17) is 4.74 Å². The highest BCUT2D eigenvalue weighted by Gasteiger charge is 2.62. The molecule has 0 radical (unpaired) electrons. The minimum atomic E-state index is -0.226. The summed E-state index contributed by atoms with van der Waals surface area (Å²) >= 11 is 0. The van der Waals surface area contributed by atoms with Gasteiger partial charge in [-0.15, -0.1) is 0 Å². The molecule has 0 aromatic carbocycles. The van der Waals surface area contributed by atoms with Gasteiger partial charge in [-0.25, -0.2) is 4.79 Å². The molecule has 4 unspecified atom stereocenters. The van der Waals surface area contributed by atoms with Crippen LogP contribution in [0.15, 0.2) is 0 Å². The van der Waals surface area contributed by atoms with Gasteiger partial charge in [-0.3, -0.25) is 4.79 Å². The second-order valence-electron chi connectivity index (χ2n) is 10.8. The van der Waals surface area contributed by atoms with Crippen molar-refractivity contribution in [2.45, 2.75) is 84.2 Å². The number of rotatable bonds is 1. The van der Waals surface area contributed by atoms with Gasteiger partial charge in [0.05, 0.1) is 6.54 Å². The van der Waals surface area contributed by atoms with Gasteiger partial charge in [-0.05, 0) is 87.4 Å². The largest absolute Gasteiger partial charge is 0.441 e. The van der Waals surface area contributed by atoms with Gasteiger partial charge in [0.25, 0.3) is 0 Å². The SMILES string of the molecule is CCN1C[C@]2(CC[C@@]3(C)C(CCC4C3CC[C@]3(C)C(=O)CCC43)C2)OC1=O. The third kappa shape index (κ3) is 2.34. The zero-order chi connectivity index (χ0) is 19.0. The Hall–Kier alpha value is -1.06. The van der Waals surface area contributed by atoms with Gasteiger partial charge in [-0.2, -0.15) is 0 Å². The molecular formula is C23H35NO3. The maximum atomic E-state index is 12.6. The molecule has 5 fully saturated rings. The molecule has 1 spiro atoms. The quantitative estimate of drug-likeness (QED) is 0.663. The summed E-state index contributed by atoms with van der Waals surface area (Å²) in [7, 11) is 0. The molecule has 0 N–H and O–H groups in total. The topological polar surface area (TPSA) is 46.6 Å². The first-order valence-electron chi connectivity index (χ1n) is 11.3. The number of ketones is 1. The number of amides is 1. The van der Waals surface area contributed by atoms with E-state index in [1.54, 1.807) is 0 Å². The molecule has 4 heteroatoms. The number of ether oxygens (including phenoxy) is 1. The standard InChI is InChI=1S/C23H35NO3/c1-4-24-14-23(27-20(24)26)12-11-21(2)15(13-23)5-6-16-17-7-8-19(25)22(17,3)10-9-18(16)21/h15-18H,4-14H2,1-3H3/t15?,16?,17?,18?,21-,22-,23+/m0/s1. The van der Waals surface area contributed by atoms with Gasteiger partial charge in [0, 0.05) is 18.4 Å². The fourth-order valence-electron chi connectivity index (χ4n) is 8.25. The van der Waals surface area contributed by atoms with Crippen molar-refractivity contribution in [2.24, 2.45) is 34.5 Å². The van der Waals surface area contributed by atoms with E-state index in [0.29, 0.717) is 23.0 Å². The van der Waals surface area contributed by atoms with Crippen LogP contribution in [-0.4, -0.2) is 35.5 Å². The van der Waals surface area contributed by atoms with Crippen LogP contribution >= 0.6 is 0 Å². The summed E-state index contributed by atoms with van der Waals surface area (Å²) in [5, 5.41) is 0. The molecule has 4 saturated carbocycles. The Balaban J connectivity index is 1.38. The van der Waals surface area contributed by atoms with E-state index in [2.05, 4.69) is 13.8 Å². The molecule has 27 heavy (non-hydrogen) atoms. The predicted octanol–water partition coefficient (Wildman–Crippen LogP) is 4.81. The second kappa shape index (κ2) is 5.73. The summed E-state index contributed by atoms with van der Waals surface area (Å²) in [5.74, 6) is 3.33. The van der Waals surface area contributed by atoms with Gasteiger partial charge in [0.15, 0.2) is 0 Å². The van der Waals surface area contributed by atoms with Crippen LogP contribution in [0.4, 0.5) is 4.79 Å². The Morgan fingerprint density at radius 2 is 1.85 bits per heavy atom. The van der Waals surface area contributed by atoms with E-state index in [9.17, 15) is 9.59 Å². The number of hydrogen-bond acceptors (Lipinski definition) is 3. The molecule has 1 aliphatic heterocycles. The molecule has 5 rings (SSSR count). The van der Waals surface area contributed by atoms with Crippen molar-refractivity contribution in [2.75, 3.05) is 13.1 Å². The Morgan fingerprint density at radius 3 is 2.59 bits per heavy atom. The van der Waals surface area contributed by atoms with Crippen LogP contribution in [0.2, 0.25) is 0 Å². The molecule has 1 amide bonds. The Morgan fingerprint density at radius 1 is 1.04 bits per heavy atom. The highest BCUT2D eigenvalue weighted by atomic mass is 16.6. The normalized spacial score (nSPS) is 51.7. The average Bonchev–Trinajstić information content (AvgIpc) is 3.12. The molecule has 1 saturated heterocycles. The number of fused-ring (bicyclic) bond motifs is 5. The molecule has 0 bridgehead atoms. The average molecular weight is 374 g/mol. The molecule has 0 aromatic heterocycles. The monoisotopic (exact) mass is 373 g/mol. The van der Waals surface area contributed by atoms with Crippen molar-refractivity contribution in [3.05, 3.63) is 0 Å². The number of nitrogens with zero attached hydrogens (tertiary/aromatic N) is 1. The van der Waals surface area contributed by atoms with Crippen molar-refractivity contribution >= 4 is 11.9 Å². The van der Waals surface area contributed by atoms with Crippen molar-refractivity contribution < 1.29 is 14.3 Å². The lowest BCUT2D eigenvalue weighted by molar-refractivity contribution is -0.149. The number of likely N-dealkylation sites (N-methyl/N-ethyl adjacent to an activating group) is 1. The van der Waals surface area contributed by atoms with Crippen molar-refractivity contribution in [1.82, 2.24) is 4.90 Å². The zero-order valence-corrected chi connectivity index (χ0v) is 17.3. The summed E-state index contributed by atoms with van der Waals surface area (Å²) in [6.07, 6.45) is 9.95. The Bertz CT molecular complexity index is 677. The number of carbonyl (C=O) groups excluding carboxylic acids is 2. The van der Waals surface area contributed by atoms with E-state index in [1.165, 1.54) is 25.7 Å². The smallest absolute Gasteiger partial charge is 0.410 e. The van der Waals surface area contributed by atoms with Crippen LogP contribution < -0.4 is 0 Å². The summed E-state index contributed by atoms with van der Waals surface area (Å²) < 4.78 is 5.97. The van der Waals surface area contributed by atoms with Crippen LogP contribution in [0, 0.1) is 34.5 Å². The molecule has 5 aliphatic rings. The molecule has 1 heterocycles. The minimum absolute atomic E-state index is 0.0249. The van der Waals surface area contributed by atoms with Gasteiger partial charge in [0.2, 0.25) is 0 Å². The Labute approximate surface area is 163 Å². The number of carbonyl (C=O) groups is 2. The van der Waals surface area contributed by atoms with E-state index >= 15 is 0 Å². The van der Waals surface area contributed by atoms with Crippen molar-refractivity contribution in [3.63, 3.8) is 0 Å². The van der Waals surface area contributed by atoms with E-state index in [-0.39, 0.29) is 17.1 Å². The third-order valence-corrected chi connectivity index (χ3v) is 9.93. The second-order valence-corrected chi connectivity index (χ2v) is 10.8. The fraction of sp³-hybridized carbons (Fsp3) is 0.913. The zero-order valence-electron chi connectivity index (χ0n) is 17.3. The minimum Gasteiger partial charge on any atom is -0.441 e. The van der Waals surface area contributed by atoms with E-state index in [1.807, 2.05) is 11.8 Å². The maximum Gasteiger partial charge on any atom is 0.410 e. The molecule has 4 aliphatic carbocycles. The fourth-order valence-corrected chi connectivity index (χ4v) is 8.25. The summed E-state index contributed by atoms with van der Waals surface area (Å²) in [4.78, 5) is 26.7. The first-order valence-corrected chi connectivity index (χ1v) is 11.3. The molecular weight excluding hydrogens is 338 g/mol. The van der Waals surface area contributed by atoms with Gasteiger partial charge in [-0.1, -0.05) is 13.8 Å². The predicted molar refractivity (Wildman–Crippen MR) is 103 cm³/mol. The maximum absolute atomic E-state index is 12.6. The Kier molecular flexibility index (Phi) is 3.82. The van der Waals surface area contributed by atoms with Crippen LogP contribution in [0.25, 0.3) is 0 Å². The number of hydrogen-bond donors (Lipinski definition) is 0. The lowest BCUT2D eigenvalue weighted by atomic mass is 9.44. The molecule has 4 nitrogen and oxygen atoms in total. The van der Waals surface area contributed by atoms with Crippen LogP contribution in [0.3, 0.4) is 0 Å².